The molecule has 21 heavy (non-hydrogen) atoms. The zero-order valence-electron chi connectivity index (χ0n) is 13.0. The Morgan fingerprint density at radius 2 is 2.00 bits per heavy atom. The number of carbonyl (C=O) groups is 1. The third kappa shape index (κ3) is 4.08. The fourth-order valence-corrected chi connectivity index (χ4v) is 2.49. The summed E-state index contributed by atoms with van der Waals surface area (Å²) in [6.07, 6.45) is 3.85. The highest BCUT2D eigenvalue weighted by atomic mass is 16.3. The van der Waals surface area contributed by atoms with Gasteiger partial charge in [0.15, 0.2) is 0 Å². The summed E-state index contributed by atoms with van der Waals surface area (Å²) in [6, 6.07) is 8.07. The number of hydrogen-bond acceptors (Lipinski definition) is 3. The van der Waals surface area contributed by atoms with Gasteiger partial charge in [0.25, 0.3) is 0 Å². The van der Waals surface area contributed by atoms with Crippen LogP contribution in [0.2, 0.25) is 0 Å². The topological polar surface area (TPSA) is 43.8 Å². The molecule has 4 nitrogen and oxygen atoms in total. The highest BCUT2D eigenvalue weighted by Gasteiger charge is 2.25. The van der Waals surface area contributed by atoms with E-state index in [4.69, 9.17) is 0 Å². The van der Waals surface area contributed by atoms with Crippen LogP contribution < -0.4 is 4.90 Å². The minimum atomic E-state index is -0.281. The molecule has 2 rings (SSSR count). The number of anilines is 1. The molecule has 1 aromatic rings. The molecule has 0 aliphatic carbocycles. The third-order valence-electron chi connectivity index (χ3n) is 4.00. The molecular formula is C17H24N2O2. The lowest BCUT2D eigenvalue weighted by molar-refractivity contribution is -0.129. The Morgan fingerprint density at radius 1 is 1.33 bits per heavy atom. The fourth-order valence-electron chi connectivity index (χ4n) is 2.49. The number of rotatable bonds is 3. The third-order valence-corrected chi connectivity index (χ3v) is 4.00. The molecule has 2 unspecified atom stereocenters. The summed E-state index contributed by atoms with van der Waals surface area (Å²) in [4.78, 5) is 16.0. The molecule has 0 saturated carbocycles. The Kier molecular flexibility index (Phi) is 5.02. The Labute approximate surface area is 126 Å². The van der Waals surface area contributed by atoms with Crippen LogP contribution in [-0.2, 0) is 4.79 Å². The molecule has 1 aliphatic rings. The van der Waals surface area contributed by atoms with Crippen molar-refractivity contribution in [3.63, 3.8) is 0 Å². The summed E-state index contributed by atoms with van der Waals surface area (Å²) in [5, 5.41) is 9.70. The van der Waals surface area contributed by atoms with E-state index >= 15 is 0 Å². The zero-order chi connectivity index (χ0) is 15.4. The molecule has 1 amide bonds. The number of aliphatic hydroxyl groups excluding tert-OH is 1. The maximum Gasteiger partial charge on any atom is 0.246 e. The van der Waals surface area contributed by atoms with Crippen molar-refractivity contribution < 1.29 is 9.90 Å². The first-order chi connectivity index (χ1) is 9.97. The number of amides is 1. The summed E-state index contributed by atoms with van der Waals surface area (Å²) in [5.41, 5.74) is 2.15. The highest BCUT2D eigenvalue weighted by Crippen LogP contribution is 2.17. The molecule has 0 aromatic heterocycles. The van der Waals surface area contributed by atoms with Gasteiger partial charge in [0.2, 0.25) is 5.91 Å². The maximum absolute atomic E-state index is 12.1. The van der Waals surface area contributed by atoms with E-state index in [1.165, 1.54) is 0 Å². The largest absolute Gasteiger partial charge is 0.393 e. The number of nitrogens with zero attached hydrogens (tertiary/aromatic N) is 2. The van der Waals surface area contributed by atoms with Crippen molar-refractivity contribution >= 4 is 17.7 Å². The van der Waals surface area contributed by atoms with Crippen LogP contribution in [0.15, 0.2) is 30.3 Å². The maximum atomic E-state index is 12.1. The number of benzene rings is 1. The van der Waals surface area contributed by atoms with Crippen molar-refractivity contribution in [2.45, 2.75) is 19.4 Å². The van der Waals surface area contributed by atoms with Gasteiger partial charge < -0.3 is 14.9 Å². The van der Waals surface area contributed by atoms with E-state index in [1.54, 1.807) is 6.08 Å². The lowest BCUT2D eigenvalue weighted by Gasteiger charge is -2.33. The minimum Gasteiger partial charge on any atom is -0.393 e. The molecule has 1 fully saturated rings. The summed E-state index contributed by atoms with van der Waals surface area (Å²) in [5.74, 6) is 0.168. The van der Waals surface area contributed by atoms with Gasteiger partial charge in [0, 0.05) is 38.9 Å². The zero-order valence-corrected chi connectivity index (χ0v) is 13.0. The molecule has 4 heteroatoms. The smallest absolute Gasteiger partial charge is 0.246 e. The van der Waals surface area contributed by atoms with Gasteiger partial charge in [0.1, 0.15) is 0 Å². The predicted molar refractivity (Wildman–Crippen MR) is 86.2 cm³/mol. The van der Waals surface area contributed by atoms with Crippen LogP contribution in [0, 0.1) is 5.92 Å². The van der Waals surface area contributed by atoms with Gasteiger partial charge in [-0.25, -0.2) is 0 Å². The Bertz CT molecular complexity index is 508. The summed E-state index contributed by atoms with van der Waals surface area (Å²) < 4.78 is 0. The van der Waals surface area contributed by atoms with Crippen LogP contribution >= 0.6 is 0 Å². The van der Waals surface area contributed by atoms with Gasteiger partial charge in [-0.3, -0.25) is 4.79 Å². The average molecular weight is 288 g/mol. The Morgan fingerprint density at radius 3 is 2.57 bits per heavy atom. The number of hydrogen-bond donors (Lipinski definition) is 1. The fraction of sp³-hybridized carbons (Fsp3) is 0.471. The molecule has 1 aromatic carbocycles. The average Bonchev–Trinajstić information content (AvgIpc) is 2.48. The second kappa shape index (κ2) is 6.76. The number of piperidine rings is 1. The predicted octanol–water partition coefficient (Wildman–Crippen LogP) is 2.00. The molecular weight excluding hydrogens is 264 g/mol. The van der Waals surface area contributed by atoms with E-state index in [0.717, 1.165) is 11.3 Å². The molecule has 0 radical (unpaired) electrons. The van der Waals surface area contributed by atoms with Crippen molar-refractivity contribution in [3.05, 3.63) is 35.9 Å². The Hall–Kier alpha value is -1.81. The van der Waals surface area contributed by atoms with Gasteiger partial charge in [-0.15, -0.1) is 0 Å². The quantitative estimate of drug-likeness (QED) is 0.865. The molecule has 114 valence electrons. The van der Waals surface area contributed by atoms with Gasteiger partial charge >= 0.3 is 0 Å². The molecule has 2 atom stereocenters. The molecule has 1 heterocycles. The first-order valence-corrected chi connectivity index (χ1v) is 7.40. The number of aliphatic hydroxyl groups is 1. The molecule has 0 bridgehead atoms. The van der Waals surface area contributed by atoms with E-state index in [2.05, 4.69) is 0 Å². The van der Waals surface area contributed by atoms with Crippen LogP contribution in [0.1, 0.15) is 18.9 Å². The van der Waals surface area contributed by atoms with Gasteiger partial charge in [0.05, 0.1) is 6.10 Å². The van der Waals surface area contributed by atoms with Crippen LogP contribution in [0.4, 0.5) is 5.69 Å². The first-order valence-electron chi connectivity index (χ1n) is 7.40. The normalized spacial score (nSPS) is 22.6. The van der Waals surface area contributed by atoms with Crippen LogP contribution in [0.25, 0.3) is 6.08 Å². The molecule has 1 N–H and O–H groups in total. The number of likely N-dealkylation sites (tertiary alicyclic amines) is 1. The Balaban J connectivity index is 1.95. The van der Waals surface area contributed by atoms with Gasteiger partial charge in [-0.05, 0) is 36.1 Å². The monoisotopic (exact) mass is 288 g/mol. The van der Waals surface area contributed by atoms with Crippen LogP contribution in [0.5, 0.6) is 0 Å². The minimum absolute atomic E-state index is 0.0189. The number of carbonyl (C=O) groups excluding carboxylic acids is 1. The van der Waals surface area contributed by atoms with Gasteiger partial charge in [-0.1, -0.05) is 19.1 Å². The van der Waals surface area contributed by atoms with Crippen molar-refractivity contribution in [2.24, 2.45) is 5.92 Å². The first kappa shape index (κ1) is 15.6. The second-order valence-corrected chi connectivity index (χ2v) is 5.94. The summed E-state index contributed by atoms with van der Waals surface area (Å²) >= 11 is 0. The summed E-state index contributed by atoms with van der Waals surface area (Å²) in [7, 11) is 4.00. The molecule has 0 spiro atoms. The van der Waals surface area contributed by atoms with Crippen molar-refractivity contribution in [2.75, 3.05) is 32.1 Å². The SMILES string of the molecule is CC1CN(C(=O)/C=C/c2ccc(N(C)C)cc2)CCC1O. The summed E-state index contributed by atoms with van der Waals surface area (Å²) in [6.45, 7) is 3.24. The van der Waals surface area contributed by atoms with Crippen LogP contribution in [0.3, 0.4) is 0 Å². The van der Waals surface area contributed by atoms with Crippen LogP contribution in [-0.4, -0.2) is 49.2 Å². The van der Waals surface area contributed by atoms with E-state index in [0.29, 0.717) is 19.5 Å². The van der Waals surface area contributed by atoms with Crippen molar-refractivity contribution in [1.82, 2.24) is 4.90 Å². The van der Waals surface area contributed by atoms with Gasteiger partial charge in [-0.2, -0.15) is 0 Å². The lowest BCUT2D eigenvalue weighted by atomic mass is 9.97. The van der Waals surface area contributed by atoms with E-state index < -0.39 is 0 Å². The molecule has 1 saturated heterocycles. The van der Waals surface area contributed by atoms with E-state index in [9.17, 15) is 9.90 Å². The standard InChI is InChI=1S/C17H24N2O2/c1-13-12-19(11-10-16(13)20)17(21)9-6-14-4-7-15(8-5-14)18(2)3/h4-9,13,16,20H,10-12H2,1-3H3/b9-6+. The lowest BCUT2D eigenvalue weighted by Crippen LogP contribution is -2.44. The van der Waals surface area contributed by atoms with Crippen molar-refractivity contribution in [1.29, 1.82) is 0 Å². The highest BCUT2D eigenvalue weighted by molar-refractivity contribution is 5.91. The second-order valence-electron chi connectivity index (χ2n) is 5.94. The van der Waals surface area contributed by atoms with Crippen molar-refractivity contribution in [3.8, 4) is 0 Å². The van der Waals surface area contributed by atoms with E-state index in [-0.39, 0.29) is 17.9 Å². The van der Waals surface area contributed by atoms with E-state index in [1.807, 2.05) is 61.2 Å². The molecule has 1 aliphatic heterocycles.